The molecule has 0 aromatic heterocycles. The molecular weight excluding hydrogens is 297 g/mol. The van der Waals surface area contributed by atoms with E-state index in [9.17, 15) is 18.0 Å². The molecule has 110 valence electrons. The molecule has 1 nitrogen and oxygen atoms in total. The Bertz CT molecular complexity index is 650. The van der Waals surface area contributed by atoms with Gasteiger partial charge in [0.25, 0.3) is 0 Å². The predicted molar refractivity (Wildman–Crippen MR) is 77.6 cm³/mol. The molecule has 0 heterocycles. The molecule has 0 radical (unpaired) electrons. The Balaban J connectivity index is 2.19. The third-order valence-electron chi connectivity index (χ3n) is 2.95. The van der Waals surface area contributed by atoms with Crippen LogP contribution in [0.2, 0.25) is 0 Å². The number of aryl methyl sites for hydroxylation is 1. The zero-order valence-electron chi connectivity index (χ0n) is 11.3. The van der Waals surface area contributed by atoms with E-state index >= 15 is 0 Å². The van der Waals surface area contributed by atoms with Gasteiger partial charge in [0, 0.05) is 16.2 Å². The van der Waals surface area contributed by atoms with E-state index in [1.165, 1.54) is 17.8 Å². The highest BCUT2D eigenvalue weighted by molar-refractivity contribution is 7.98. The van der Waals surface area contributed by atoms with Crippen molar-refractivity contribution in [1.82, 2.24) is 0 Å². The lowest BCUT2D eigenvalue weighted by Crippen LogP contribution is -2.08. The summed E-state index contributed by atoms with van der Waals surface area (Å²) >= 11 is 1.32. The highest BCUT2D eigenvalue weighted by atomic mass is 32.2. The van der Waals surface area contributed by atoms with Crippen molar-refractivity contribution in [3.63, 3.8) is 0 Å². The Morgan fingerprint density at radius 2 is 1.90 bits per heavy atom. The van der Waals surface area contributed by atoms with E-state index in [0.717, 1.165) is 17.2 Å². The van der Waals surface area contributed by atoms with Crippen molar-refractivity contribution in [1.29, 1.82) is 0 Å². The van der Waals surface area contributed by atoms with Crippen molar-refractivity contribution < 1.29 is 18.0 Å². The van der Waals surface area contributed by atoms with E-state index in [4.69, 9.17) is 0 Å². The first-order valence-electron chi connectivity index (χ1n) is 6.25. The van der Waals surface area contributed by atoms with Crippen molar-refractivity contribution in [2.75, 3.05) is 0 Å². The maximum Gasteiger partial charge on any atom is 0.417 e. The molecule has 0 unspecified atom stereocenters. The summed E-state index contributed by atoms with van der Waals surface area (Å²) in [6.45, 7) is 1.97. The minimum atomic E-state index is -4.52. The summed E-state index contributed by atoms with van der Waals surface area (Å²) in [7, 11) is 0. The van der Waals surface area contributed by atoms with Crippen LogP contribution in [0.15, 0.2) is 47.4 Å². The summed E-state index contributed by atoms with van der Waals surface area (Å²) in [4.78, 5) is 11.2. The van der Waals surface area contributed by atoms with Crippen molar-refractivity contribution in [3.05, 3.63) is 64.7 Å². The molecule has 2 rings (SSSR count). The fourth-order valence-corrected chi connectivity index (χ4v) is 2.82. The van der Waals surface area contributed by atoms with E-state index < -0.39 is 11.7 Å². The second-order valence-electron chi connectivity index (χ2n) is 4.64. The molecule has 0 saturated heterocycles. The number of benzene rings is 2. The highest BCUT2D eigenvalue weighted by Crippen LogP contribution is 2.35. The lowest BCUT2D eigenvalue weighted by atomic mass is 10.1. The maximum atomic E-state index is 12.9. The van der Waals surface area contributed by atoms with Gasteiger partial charge in [0.2, 0.25) is 0 Å². The first kappa shape index (κ1) is 15.6. The van der Waals surface area contributed by atoms with Gasteiger partial charge in [-0.3, -0.25) is 4.79 Å². The SMILES string of the molecule is Cc1cccc(CSc2ccc(C=O)c(C(F)(F)F)c2)c1. The standard InChI is InChI=1S/C16H13F3OS/c1-11-3-2-4-12(7-11)10-21-14-6-5-13(9-20)15(8-14)16(17,18)19/h2-9H,10H2,1H3. The second-order valence-corrected chi connectivity index (χ2v) is 5.69. The minimum Gasteiger partial charge on any atom is -0.298 e. The van der Waals surface area contributed by atoms with Crippen LogP contribution in [0, 0.1) is 6.92 Å². The van der Waals surface area contributed by atoms with Crippen LogP contribution >= 0.6 is 11.8 Å². The number of alkyl halides is 3. The molecule has 0 aliphatic rings. The molecule has 0 aliphatic carbocycles. The average Bonchev–Trinajstić information content (AvgIpc) is 2.44. The molecule has 0 bridgehead atoms. The smallest absolute Gasteiger partial charge is 0.298 e. The molecule has 21 heavy (non-hydrogen) atoms. The Hall–Kier alpha value is -1.75. The van der Waals surface area contributed by atoms with Gasteiger partial charge in [0.05, 0.1) is 5.56 Å². The third kappa shape index (κ3) is 4.11. The fraction of sp³-hybridized carbons (Fsp3) is 0.188. The van der Waals surface area contributed by atoms with E-state index in [2.05, 4.69) is 0 Å². The summed E-state index contributed by atoms with van der Waals surface area (Å²) in [5.41, 5.74) is 0.947. The Kier molecular flexibility index (Phi) is 4.73. The second kappa shape index (κ2) is 6.35. The van der Waals surface area contributed by atoms with Gasteiger partial charge in [0.15, 0.2) is 6.29 Å². The fourth-order valence-electron chi connectivity index (χ4n) is 1.94. The number of carbonyl (C=O) groups excluding carboxylic acids is 1. The highest BCUT2D eigenvalue weighted by Gasteiger charge is 2.33. The van der Waals surface area contributed by atoms with E-state index in [1.54, 1.807) is 6.07 Å². The van der Waals surface area contributed by atoms with Gasteiger partial charge in [-0.1, -0.05) is 29.8 Å². The van der Waals surface area contributed by atoms with Gasteiger partial charge < -0.3 is 0 Å². The molecule has 0 fully saturated rings. The van der Waals surface area contributed by atoms with Crippen LogP contribution in [0.4, 0.5) is 13.2 Å². The van der Waals surface area contributed by atoms with Gasteiger partial charge in [-0.15, -0.1) is 11.8 Å². The third-order valence-corrected chi connectivity index (χ3v) is 4.01. The number of halogens is 3. The monoisotopic (exact) mass is 310 g/mol. The molecule has 2 aromatic rings. The van der Waals surface area contributed by atoms with E-state index in [-0.39, 0.29) is 11.8 Å². The van der Waals surface area contributed by atoms with Gasteiger partial charge in [0.1, 0.15) is 0 Å². The number of aldehydes is 1. The van der Waals surface area contributed by atoms with E-state index in [1.807, 2.05) is 31.2 Å². The Morgan fingerprint density at radius 1 is 1.14 bits per heavy atom. The predicted octanol–water partition coefficient (Wildman–Crippen LogP) is 5.12. The largest absolute Gasteiger partial charge is 0.417 e. The maximum absolute atomic E-state index is 12.9. The lowest BCUT2D eigenvalue weighted by Gasteiger charge is -2.11. The topological polar surface area (TPSA) is 17.1 Å². The Labute approximate surface area is 125 Å². The van der Waals surface area contributed by atoms with Crippen LogP contribution in [0.25, 0.3) is 0 Å². The minimum absolute atomic E-state index is 0.234. The van der Waals surface area contributed by atoms with Crippen LogP contribution < -0.4 is 0 Å². The quantitative estimate of drug-likeness (QED) is 0.576. The first-order chi connectivity index (χ1) is 9.90. The van der Waals surface area contributed by atoms with Crippen molar-refractivity contribution in [2.24, 2.45) is 0 Å². The number of hydrogen-bond donors (Lipinski definition) is 0. The van der Waals surface area contributed by atoms with Gasteiger partial charge in [-0.25, -0.2) is 0 Å². The molecule has 0 atom stereocenters. The molecule has 5 heteroatoms. The zero-order chi connectivity index (χ0) is 15.5. The van der Waals surface area contributed by atoms with E-state index in [0.29, 0.717) is 10.6 Å². The first-order valence-corrected chi connectivity index (χ1v) is 7.23. The molecule has 2 aromatic carbocycles. The lowest BCUT2D eigenvalue weighted by molar-refractivity contribution is -0.138. The van der Waals surface area contributed by atoms with Crippen LogP contribution in [-0.4, -0.2) is 6.29 Å². The Morgan fingerprint density at radius 3 is 2.52 bits per heavy atom. The van der Waals surface area contributed by atoms with Gasteiger partial charge >= 0.3 is 6.18 Å². The molecule has 0 spiro atoms. The van der Waals surface area contributed by atoms with Crippen molar-refractivity contribution >= 4 is 18.0 Å². The number of thioether (sulfide) groups is 1. The summed E-state index contributed by atoms with van der Waals surface area (Å²) in [5.74, 6) is 0.583. The molecule has 0 amide bonds. The van der Waals surface area contributed by atoms with Gasteiger partial charge in [-0.05, 0) is 30.7 Å². The molecule has 0 aliphatic heterocycles. The number of rotatable bonds is 4. The van der Waals surface area contributed by atoms with Crippen LogP contribution in [-0.2, 0) is 11.9 Å². The zero-order valence-corrected chi connectivity index (χ0v) is 12.1. The summed E-state index contributed by atoms with van der Waals surface area (Å²) in [6.07, 6.45) is -4.28. The van der Waals surface area contributed by atoms with Crippen LogP contribution in [0.3, 0.4) is 0 Å². The number of carbonyl (C=O) groups is 1. The average molecular weight is 310 g/mol. The van der Waals surface area contributed by atoms with Crippen LogP contribution in [0.1, 0.15) is 27.0 Å². The summed E-state index contributed by atoms with van der Waals surface area (Å²) < 4.78 is 38.6. The van der Waals surface area contributed by atoms with Crippen molar-refractivity contribution in [3.8, 4) is 0 Å². The number of hydrogen-bond acceptors (Lipinski definition) is 2. The van der Waals surface area contributed by atoms with Crippen molar-refractivity contribution in [2.45, 2.75) is 23.7 Å². The molecule has 0 saturated carbocycles. The normalized spacial score (nSPS) is 11.4. The summed E-state index contributed by atoms with van der Waals surface area (Å²) in [6, 6.07) is 11.6. The summed E-state index contributed by atoms with van der Waals surface area (Å²) in [5, 5.41) is 0. The van der Waals surface area contributed by atoms with Gasteiger partial charge in [-0.2, -0.15) is 13.2 Å². The van der Waals surface area contributed by atoms with Crippen LogP contribution in [0.5, 0.6) is 0 Å². The molecular formula is C16H13F3OS. The molecule has 0 N–H and O–H groups in total.